The standard InChI is InChI=1S/C21H30F3N3O3S/c1-20(2,3)10-17(25)19(28)26-18-9-4-13-11-27(12-16(13)18)31(29,30)15-7-5-14(6-8-15)21(22,23)24/h5-8,13,16-18H,4,9-12,25H2,1-3H3,(H,26,28)/t13-,16?,17+,18?/m1/s1. The van der Waals surface area contributed by atoms with Crippen LogP contribution in [0.1, 0.15) is 45.6 Å². The van der Waals surface area contributed by atoms with Crippen molar-refractivity contribution in [2.75, 3.05) is 13.1 Å². The highest BCUT2D eigenvalue weighted by molar-refractivity contribution is 7.89. The van der Waals surface area contributed by atoms with E-state index in [4.69, 9.17) is 5.73 Å². The Hall–Kier alpha value is -1.65. The zero-order valence-electron chi connectivity index (χ0n) is 17.9. The van der Waals surface area contributed by atoms with Crippen LogP contribution in [0.15, 0.2) is 29.2 Å². The molecule has 1 saturated heterocycles. The maximum absolute atomic E-state index is 13.0. The molecule has 6 nitrogen and oxygen atoms in total. The highest BCUT2D eigenvalue weighted by Crippen LogP contribution is 2.40. The topological polar surface area (TPSA) is 92.5 Å². The van der Waals surface area contributed by atoms with Gasteiger partial charge in [0.05, 0.1) is 16.5 Å². The average molecular weight is 462 g/mol. The third-order valence-corrected chi connectivity index (χ3v) is 7.99. The van der Waals surface area contributed by atoms with Gasteiger partial charge in [0.1, 0.15) is 0 Å². The predicted molar refractivity (Wildman–Crippen MR) is 110 cm³/mol. The minimum atomic E-state index is -4.52. The third-order valence-electron chi connectivity index (χ3n) is 6.14. The Morgan fingerprint density at radius 3 is 2.32 bits per heavy atom. The molecule has 1 aromatic rings. The van der Waals surface area contributed by atoms with Crippen LogP contribution in [0.5, 0.6) is 0 Å². The normalized spacial score (nSPS) is 26.0. The zero-order valence-corrected chi connectivity index (χ0v) is 18.8. The molecule has 1 saturated carbocycles. The number of hydrogen-bond acceptors (Lipinski definition) is 4. The first kappa shape index (κ1) is 24.0. The van der Waals surface area contributed by atoms with Gasteiger partial charge in [0, 0.05) is 19.1 Å². The Morgan fingerprint density at radius 2 is 1.77 bits per heavy atom. The summed E-state index contributed by atoms with van der Waals surface area (Å²) in [5, 5.41) is 3.00. The van der Waals surface area contributed by atoms with Crippen molar-refractivity contribution in [3.05, 3.63) is 29.8 Å². The van der Waals surface area contributed by atoms with Crippen molar-refractivity contribution in [3.63, 3.8) is 0 Å². The van der Waals surface area contributed by atoms with Crippen LogP contribution in [-0.4, -0.2) is 43.8 Å². The van der Waals surface area contributed by atoms with Crippen molar-refractivity contribution in [2.24, 2.45) is 23.0 Å². The van der Waals surface area contributed by atoms with Crippen molar-refractivity contribution in [1.29, 1.82) is 0 Å². The van der Waals surface area contributed by atoms with Crippen molar-refractivity contribution in [3.8, 4) is 0 Å². The number of amides is 1. The number of hydrogen-bond donors (Lipinski definition) is 2. The predicted octanol–water partition coefficient (Wildman–Crippen LogP) is 2.98. The van der Waals surface area contributed by atoms with Crippen molar-refractivity contribution < 1.29 is 26.4 Å². The molecule has 2 unspecified atom stereocenters. The summed E-state index contributed by atoms with van der Waals surface area (Å²) in [6.07, 6.45) is -2.44. The van der Waals surface area contributed by atoms with Gasteiger partial charge in [0.25, 0.3) is 0 Å². The molecule has 1 aromatic carbocycles. The van der Waals surface area contributed by atoms with Gasteiger partial charge in [-0.2, -0.15) is 17.5 Å². The van der Waals surface area contributed by atoms with Crippen molar-refractivity contribution in [1.82, 2.24) is 9.62 Å². The first-order valence-electron chi connectivity index (χ1n) is 10.4. The molecular formula is C21H30F3N3O3S. The number of carbonyl (C=O) groups excluding carboxylic acids is 1. The summed E-state index contributed by atoms with van der Waals surface area (Å²) in [7, 11) is -3.91. The fraction of sp³-hybridized carbons (Fsp3) is 0.667. The first-order valence-corrected chi connectivity index (χ1v) is 11.9. The minimum absolute atomic E-state index is 0.0324. The van der Waals surface area contributed by atoms with Crippen molar-refractivity contribution in [2.45, 2.75) is 63.2 Å². The summed E-state index contributed by atoms with van der Waals surface area (Å²) in [6, 6.07) is 2.77. The smallest absolute Gasteiger partial charge is 0.352 e. The molecule has 174 valence electrons. The fourth-order valence-corrected chi connectivity index (χ4v) is 6.14. The number of benzene rings is 1. The summed E-state index contributed by atoms with van der Waals surface area (Å²) >= 11 is 0. The molecule has 1 aliphatic heterocycles. The molecule has 2 fully saturated rings. The van der Waals surface area contributed by atoms with Crippen molar-refractivity contribution >= 4 is 15.9 Å². The molecule has 1 amide bonds. The summed E-state index contributed by atoms with van der Waals surface area (Å²) in [6.45, 7) is 6.55. The van der Waals surface area contributed by atoms with E-state index >= 15 is 0 Å². The van der Waals surface area contributed by atoms with E-state index in [1.54, 1.807) is 0 Å². The summed E-state index contributed by atoms with van der Waals surface area (Å²) in [5.41, 5.74) is 5.06. The van der Waals surface area contributed by atoms with Crippen LogP contribution in [0.25, 0.3) is 0 Å². The van der Waals surface area contributed by atoms with E-state index in [0.29, 0.717) is 13.0 Å². The summed E-state index contributed by atoms with van der Waals surface area (Å²) in [5.74, 6) is -0.159. The van der Waals surface area contributed by atoms with Crippen LogP contribution >= 0.6 is 0 Å². The molecule has 10 heteroatoms. The van der Waals surface area contributed by atoms with E-state index in [0.717, 1.165) is 37.1 Å². The number of nitrogens with two attached hydrogens (primary N) is 1. The van der Waals surface area contributed by atoms with Gasteiger partial charge < -0.3 is 11.1 Å². The average Bonchev–Trinajstić information content (AvgIpc) is 3.22. The third kappa shape index (κ3) is 5.40. The highest BCUT2D eigenvalue weighted by atomic mass is 32.2. The van der Waals surface area contributed by atoms with Gasteiger partial charge in [-0.15, -0.1) is 0 Å². The van der Waals surface area contributed by atoms with Crippen LogP contribution in [-0.2, 0) is 21.0 Å². The Morgan fingerprint density at radius 1 is 1.16 bits per heavy atom. The Kier molecular flexibility index (Phi) is 6.48. The Bertz CT molecular complexity index is 911. The van der Waals surface area contributed by atoms with E-state index in [9.17, 15) is 26.4 Å². The monoisotopic (exact) mass is 461 g/mol. The SMILES string of the molecule is CC(C)(C)C[C@H](N)C(=O)NC1CC[C@@H]2CN(S(=O)(=O)c3ccc(C(F)(F)F)cc3)CC12. The largest absolute Gasteiger partial charge is 0.416 e. The van der Waals surface area contributed by atoms with Crippen LogP contribution in [0, 0.1) is 17.3 Å². The molecule has 3 rings (SSSR count). The number of nitrogens with zero attached hydrogens (tertiary/aromatic N) is 1. The van der Waals surface area contributed by atoms with Gasteiger partial charge in [-0.1, -0.05) is 20.8 Å². The summed E-state index contributed by atoms with van der Waals surface area (Å²) < 4.78 is 65.5. The van der Waals surface area contributed by atoms with Crippen LogP contribution in [0.2, 0.25) is 0 Å². The molecule has 4 atom stereocenters. The molecule has 1 heterocycles. The molecule has 2 aliphatic rings. The van der Waals surface area contributed by atoms with Gasteiger partial charge in [-0.3, -0.25) is 4.79 Å². The van der Waals surface area contributed by atoms with E-state index in [1.165, 1.54) is 4.31 Å². The summed E-state index contributed by atoms with van der Waals surface area (Å²) in [4.78, 5) is 12.4. The van der Waals surface area contributed by atoms with Crippen LogP contribution in [0.4, 0.5) is 13.2 Å². The molecule has 0 bridgehead atoms. The van der Waals surface area contributed by atoms with Crippen LogP contribution in [0.3, 0.4) is 0 Å². The maximum atomic E-state index is 13.0. The van der Waals surface area contributed by atoms with Crippen LogP contribution < -0.4 is 11.1 Å². The number of sulfonamides is 1. The number of fused-ring (bicyclic) bond motifs is 1. The Labute approximate surface area is 181 Å². The number of alkyl halides is 3. The first-order chi connectivity index (χ1) is 14.2. The molecule has 0 spiro atoms. The lowest BCUT2D eigenvalue weighted by atomic mass is 9.88. The number of rotatable bonds is 5. The lowest BCUT2D eigenvalue weighted by Crippen LogP contribution is -2.48. The van der Waals surface area contributed by atoms with Gasteiger partial charge in [-0.25, -0.2) is 8.42 Å². The number of halogens is 3. The van der Waals surface area contributed by atoms with Gasteiger partial charge >= 0.3 is 6.18 Å². The lowest BCUT2D eigenvalue weighted by Gasteiger charge is -2.26. The molecule has 31 heavy (non-hydrogen) atoms. The van der Waals surface area contributed by atoms with E-state index in [2.05, 4.69) is 5.32 Å². The van der Waals surface area contributed by atoms with Gasteiger partial charge in [0.15, 0.2) is 0 Å². The maximum Gasteiger partial charge on any atom is 0.416 e. The second kappa shape index (κ2) is 8.37. The second-order valence-electron chi connectivity index (χ2n) is 9.83. The molecular weight excluding hydrogens is 431 g/mol. The minimum Gasteiger partial charge on any atom is -0.352 e. The lowest BCUT2D eigenvalue weighted by molar-refractivity contribution is -0.137. The molecule has 0 radical (unpaired) electrons. The quantitative estimate of drug-likeness (QED) is 0.705. The van der Waals surface area contributed by atoms with E-state index < -0.39 is 27.8 Å². The van der Waals surface area contributed by atoms with Gasteiger partial charge in [-0.05, 0) is 60.8 Å². The van der Waals surface area contributed by atoms with E-state index in [1.807, 2.05) is 20.8 Å². The van der Waals surface area contributed by atoms with Gasteiger partial charge in [0.2, 0.25) is 15.9 Å². The molecule has 0 aromatic heterocycles. The second-order valence-corrected chi connectivity index (χ2v) is 11.8. The molecule has 3 N–H and O–H groups in total. The number of carbonyl (C=O) groups is 1. The van der Waals surface area contributed by atoms with E-state index in [-0.39, 0.29) is 40.6 Å². The fourth-order valence-electron chi connectivity index (χ4n) is 4.61. The highest BCUT2D eigenvalue weighted by Gasteiger charge is 2.47. The Balaban J connectivity index is 1.66. The molecule has 1 aliphatic carbocycles. The number of nitrogens with one attached hydrogen (secondary N) is 1. The zero-order chi connectivity index (χ0) is 23.2.